The van der Waals surface area contributed by atoms with Gasteiger partial charge in [-0.2, -0.15) is 0 Å². The summed E-state index contributed by atoms with van der Waals surface area (Å²) in [7, 11) is 2.18. The molecule has 3 heterocycles. The number of rotatable bonds is 5. The van der Waals surface area contributed by atoms with E-state index in [0.29, 0.717) is 6.54 Å². The molecule has 164 valence electrons. The molecule has 0 bridgehead atoms. The SMILES string of the molecule is CCNC(=NCc1cccnc1N1CCN(C)CC1)N1CC=C(c2ccccc2)CC1. The molecule has 4 rings (SSSR count). The molecule has 0 aliphatic carbocycles. The van der Waals surface area contributed by atoms with Crippen LogP contribution in [0, 0.1) is 0 Å². The van der Waals surface area contributed by atoms with Crippen molar-refractivity contribution in [1.82, 2.24) is 20.1 Å². The summed E-state index contributed by atoms with van der Waals surface area (Å²) in [6.07, 6.45) is 5.27. The molecule has 0 atom stereocenters. The van der Waals surface area contributed by atoms with Crippen molar-refractivity contribution in [2.24, 2.45) is 4.99 Å². The maximum absolute atomic E-state index is 5.00. The van der Waals surface area contributed by atoms with Crippen molar-refractivity contribution < 1.29 is 0 Å². The van der Waals surface area contributed by atoms with Crippen molar-refractivity contribution in [2.45, 2.75) is 19.9 Å². The zero-order valence-electron chi connectivity index (χ0n) is 18.8. The van der Waals surface area contributed by atoms with Crippen molar-refractivity contribution >= 4 is 17.4 Å². The topological polar surface area (TPSA) is 47.0 Å². The number of anilines is 1. The Kier molecular flexibility index (Phi) is 7.20. The number of aromatic nitrogens is 1. The van der Waals surface area contributed by atoms with Gasteiger partial charge in [0.1, 0.15) is 5.82 Å². The first-order chi connectivity index (χ1) is 15.2. The highest BCUT2D eigenvalue weighted by Gasteiger charge is 2.19. The second-order valence-corrected chi connectivity index (χ2v) is 8.24. The molecule has 1 saturated heterocycles. The quantitative estimate of drug-likeness (QED) is 0.597. The van der Waals surface area contributed by atoms with E-state index in [-0.39, 0.29) is 0 Å². The highest BCUT2D eigenvalue weighted by atomic mass is 15.3. The second-order valence-electron chi connectivity index (χ2n) is 8.24. The molecule has 0 unspecified atom stereocenters. The van der Waals surface area contributed by atoms with Crippen LogP contribution in [0.2, 0.25) is 0 Å². The summed E-state index contributed by atoms with van der Waals surface area (Å²) in [6, 6.07) is 14.9. The first kappa shape index (κ1) is 21.4. The van der Waals surface area contributed by atoms with Gasteiger partial charge in [-0.05, 0) is 37.6 Å². The van der Waals surface area contributed by atoms with E-state index in [1.54, 1.807) is 0 Å². The Morgan fingerprint density at radius 3 is 2.55 bits per heavy atom. The average Bonchev–Trinajstić information content (AvgIpc) is 2.83. The van der Waals surface area contributed by atoms with E-state index >= 15 is 0 Å². The number of likely N-dealkylation sites (N-methyl/N-ethyl adjacent to an activating group) is 1. The number of hydrogen-bond acceptors (Lipinski definition) is 4. The average molecular weight is 419 g/mol. The molecule has 2 aromatic rings. The summed E-state index contributed by atoms with van der Waals surface area (Å²) in [4.78, 5) is 16.8. The van der Waals surface area contributed by atoms with Crippen LogP contribution in [-0.2, 0) is 6.54 Å². The van der Waals surface area contributed by atoms with Gasteiger partial charge in [0.05, 0.1) is 6.54 Å². The number of piperazine rings is 1. The molecule has 1 fully saturated rings. The van der Waals surface area contributed by atoms with Gasteiger partial charge in [-0.3, -0.25) is 0 Å². The molecule has 0 amide bonds. The van der Waals surface area contributed by atoms with Crippen LogP contribution in [0.3, 0.4) is 0 Å². The Hall–Kier alpha value is -2.86. The van der Waals surface area contributed by atoms with Crippen LogP contribution in [0.4, 0.5) is 5.82 Å². The lowest BCUT2D eigenvalue weighted by Gasteiger charge is -2.34. The highest BCUT2D eigenvalue weighted by Crippen LogP contribution is 2.23. The molecule has 31 heavy (non-hydrogen) atoms. The minimum Gasteiger partial charge on any atom is -0.356 e. The first-order valence-corrected chi connectivity index (χ1v) is 11.4. The lowest BCUT2D eigenvalue weighted by Crippen LogP contribution is -2.45. The molecule has 0 radical (unpaired) electrons. The molecule has 6 nitrogen and oxygen atoms in total. The molecule has 2 aliphatic rings. The van der Waals surface area contributed by atoms with Gasteiger partial charge < -0.3 is 20.0 Å². The number of benzene rings is 1. The van der Waals surface area contributed by atoms with Crippen LogP contribution in [0.1, 0.15) is 24.5 Å². The third-order valence-electron chi connectivity index (χ3n) is 6.06. The Morgan fingerprint density at radius 2 is 1.84 bits per heavy atom. The van der Waals surface area contributed by atoms with Gasteiger partial charge in [-0.1, -0.05) is 42.5 Å². The van der Waals surface area contributed by atoms with Gasteiger partial charge in [0.15, 0.2) is 5.96 Å². The van der Waals surface area contributed by atoms with E-state index in [0.717, 1.165) is 64.0 Å². The van der Waals surface area contributed by atoms with E-state index in [9.17, 15) is 0 Å². The molecule has 0 saturated carbocycles. The summed E-state index contributed by atoms with van der Waals surface area (Å²) in [5.41, 5.74) is 3.95. The van der Waals surface area contributed by atoms with Gasteiger partial charge in [-0.25, -0.2) is 9.98 Å². The molecule has 1 N–H and O–H groups in total. The summed E-state index contributed by atoms with van der Waals surface area (Å²) in [6.45, 7) is 9.68. The third-order valence-corrected chi connectivity index (χ3v) is 6.06. The number of pyridine rings is 1. The van der Waals surface area contributed by atoms with Crippen LogP contribution < -0.4 is 10.2 Å². The van der Waals surface area contributed by atoms with Crippen LogP contribution in [0.15, 0.2) is 59.7 Å². The number of aliphatic imine (C=N–C) groups is 1. The van der Waals surface area contributed by atoms with Gasteiger partial charge in [0.25, 0.3) is 0 Å². The fourth-order valence-electron chi connectivity index (χ4n) is 4.22. The van der Waals surface area contributed by atoms with Crippen molar-refractivity contribution in [3.63, 3.8) is 0 Å². The monoisotopic (exact) mass is 418 g/mol. The summed E-state index contributed by atoms with van der Waals surface area (Å²) >= 11 is 0. The predicted molar refractivity (Wildman–Crippen MR) is 129 cm³/mol. The van der Waals surface area contributed by atoms with Gasteiger partial charge >= 0.3 is 0 Å². The number of nitrogens with zero attached hydrogens (tertiary/aromatic N) is 5. The highest BCUT2D eigenvalue weighted by molar-refractivity contribution is 5.81. The third kappa shape index (κ3) is 5.44. The van der Waals surface area contributed by atoms with Crippen LogP contribution >= 0.6 is 0 Å². The van der Waals surface area contributed by atoms with E-state index in [1.165, 1.54) is 16.7 Å². The second kappa shape index (κ2) is 10.4. The largest absolute Gasteiger partial charge is 0.356 e. The molecular weight excluding hydrogens is 384 g/mol. The summed E-state index contributed by atoms with van der Waals surface area (Å²) < 4.78 is 0. The fourth-order valence-corrected chi connectivity index (χ4v) is 4.22. The minimum absolute atomic E-state index is 0.642. The first-order valence-electron chi connectivity index (χ1n) is 11.4. The molecule has 6 heteroatoms. The van der Waals surface area contributed by atoms with E-state index < -0.39 is 0 Å². The number of hydrogen-bond donors (Lipinski definition) is 1. The van der Waals surface area contributed by atoms with Crippen molar-refractivity contribution in [3.05, 3.63) is 65.9 Å². The molecular formula is C25H34N6. The fraction of sp³-hybridized carbons (Fsp3) is 0.440. The number of nitrogens with one attached hydrogen (secondary N) is 1. The van der Waals surface area contributed by atoms with Crippen molar-refractivity contribution in [2.75, 3.05) is 57.8 Å². The van der Waals surface area contributed by atoms with E-state index in [4.69, 9.17) is 9.98 Å². The zero-order chi connectivity index (χ0) is 21.5. The van der Waals surface area contributed by atoms with E-state index in [1.807, 2.05) is 12.3 Å². The zero-order valence-corrected chi connectivity index (χ0v) is 18.8. The van der Waals surface area contributed by atoms with Crippen molar-refractivity contribution in [3.8, 4) is 0 Å². The minimum atomic E-state index is 0.642. The standard InChI is InChI=1S/C25H34N6/c1-3-26-25(31-14-11-22(12-15-31)21-8-5-4-6-9-21)28-20-23-10-7-13-27-24(23)30-18-16-29(2)17-19-30/h4-11,13H,3,12,14-20H2,1-2H3,(H,26,28). The maximum atomic E-state index is 5.00. The van der Waals surface area contributed by atoms with Gasteiger partial charge in [0, 0.05) is 57.6 Å². The summed E-state index contributed by atoms with van der Waals surface area (Å²) in [5.74, 6) is 2.07. The van der Waals surface area contributed by atoms with Crippen LogP contribution in [0.5, 0.6) is 0 Å². The van der Waals surface area contributed by atoms with Gasteiger partial charge in [0.2, 0.25) is 0 Å². The van der Waals surface area contributed by atoms with E-state index in [2.05, 4.69) is 76.5 Å². The lowest BCUT2D eigenvalue weighted by molar-refractivity contribution is 0.312. The molecule has 0 spiro atoms. The van der Waals surface area contributed by atoms with Crippen LogP contribution in [-0.4, -0.2) is 73.6 Å². The Balaban J connectivity index is 1.46. The number of guanidine groups is 1. The maximum Gasteiger partial charge on any atom is 0.194 e. The smallest absolute Gasteiger partial charge is 0.194 e. The normalized spacial score (nSPS) is 18.1. The molecule has 2 aliphatic heterocycles. The Morgan fingerprint density at radius 1 is 1.03 bits per heavy atom. The lowest BCUT2D eigenvalue weighted by atomic mass is 10.00. The van der Waals surface area contributed by atoms with Crippen molar-refractivity contribution in [1.29, 1.82) is 0 Å². The Bertz CT molecular complexity index is 899. The van der Waals surface area contributed by atoms with Crippen LogP contribution in [0.25, 0.3) is 5.57 Å². The van der Waals surface area contributed by atoms with Gasteiger partial charge in [-0.15, -0.1) is 0 Å². The molecule has 1 aromatic carbocycles. The molecule has 1 aromatic heterocycles. The Labute approximate surface area is 186 Å². The summed E-state index contributed by atoms with van der Waals surface area (Å²) in [5, 5.41) is 3.49. The predicted octanol–water partition coefficient (Wildman–Crippen LogP) is 3.09.